The van der Waals surface area contributed by atoms with Gasteiger partial charge in [-0.3, -0.25) is 13.8 Å². The van der Waals surface area contributed by atoms with E-state index in [9.17, 15) is 13.8 Å². The summed E-state index contributed by atoms with van der Waals surface area (Å²) in [4.78, 5) is 22.9. The van der Waals surface area contributed by atoms with E-state index in [1.807, 2.05) is 13.8 Å². The number of carboxylic acids is 1. The molecule has 0 aliphatic heterocycles. The molecule has 0 saturated heterocycles. The van der Waals surface area contributed by atoms with Crippen molar-refractivity contribution in [1.82, 2.24) is 5.32 Å². The number of carbonyl (C=O) groups excluding carboxylic acids is 1. The summed E-state index contributed by atoms with van der Waals surface area (Å²) < 4.78 is 12.2. The summed E-state index contributed by atoms with van der Waals surface area (Å²) in [5.41, 5.74) is 0.637. The molecule has 1 amide bonds. The molecular weight excluding hydrogens is 278 g/mol. The molecule has 0 aromatic heterocycles. The summed E-state index contributed by atoms with van der Waals surface area (Å²) in [6.45, 7) is 5.29. The van der Waals surface area contributed by atoms with Crippen LogP contribution in [-0.4, -0.2) is 32.5 Å². The van der Waals surface area contributed by atoms with E-state index in [-0.39, 0.29) is 18.4 Å². The van der Waals surface area contributed by atoms with Crippen LogP contribution >= 0.6 is 0 Å². The number of benzene rings is 1. The van der Waals surface area contributed by atoms with E-state index in [0.717, 1.165) is 0 Å². The lowest BCUT2D eigenvalue weighted by atomic mass is 10.2. The largest absolute Gasteiger partial charge is 0.481 e. The van der Waals surface area contributed by atoms with Gasteiger partial charge >= 0.3 is 5.97 Å². The molecule has 0 saturated carbocycles. The molecule has 0 aliphatic carbocycles. The minimum Gasteiger partial charge on any atom is -0.481 e. The molecule has 20 heavy (non-hydrogen) atoms. The number of carboxylic acid groups (broad SMARTS) is 1. The van der Waals surface area contributed by atoms with Crippen LogP contribution in [0, 0.1) is 0 Å². The quantitative estimate of drug-likeness (QED) is 0.830. The van der Waals surface area contributed by atoms with Crippen molar-refractivity contribution in [1.29, 1.82) is 0 Å². The molecule has 0 fully saturated rings. The highest BCUT2D eigenvalue weighted by Gasteiger charge is 2.21. The maximum Gasteiger partial charge on any atom is 0.307 e. The minimum atomic E-state index is -1.46. The molecule has 0 spiro atoms. The molecule has 1 aromatic carbocycles. The maximum absolute atomic E-state index is 12.2. The predicted molar refractivity (Wildman–Crippen MR) is 76.9 cm³/mol. The second kappa shape index (κ2) is 7.19. The van der Waals surface area contributed by atoms with Crippen LogP contribution in [0.25, 0.3) is 0 Å². The molecule has 110 valence electrons. The number of nitrogens with one attached hydrogen (secondary N) is 1. The first-order valence-corrected chi connectivity index (χ1v) is 7.54. The van der Waals surface area contributed by atoms with Crippen molar-refractivity contribution in [3.8, 4) is 0 Å². The van der Waals surface area contributed by atoms with Crippen LogP contribution in [-0.2, 0) is 26.8 Å². The predicted octanol–water partition coefficient (Wildman–Crippen LogP) is 1.33. The van der Waals surface area contributed by atoms with Crippen LogP contribution in [0.5, 0.6) is 0 Å². The molecule has 1 rings (SSSR count). The Labute approximate surface area is 120 Å². The molecule has 2 N–H and O–H groups in total. The topological polar surface area (TPSA) is 83.5 Å². The average molecular weight is 297 g/mol. The van der Waals surface area contributed by atoms with Gasteiger partial charge in [0.25, 0.3) is 0 Å². The van der Waals surface area contributed by atoms with E-state index >= 15 is 0 Å². The van der Waals surface area contributed by atoms with Crippen LogP contribution in [0.15, 0.2) is 29.2 Å². The van der Waals surface area contributed by atoms with Crippen LogP contribution in [0.1, 0.15) is 26.3 Å². The lowest BCUT2D eigenvalue weighted by Crippen LogP contribution is -2.39. The summed E-state index contributed by atoms with van der Waals surface area (Å²) in [6, 6.07) is 6.45. The Morgan fingerprint density at radius 3 is 2.20 bits per heavy atom. The van der Waals surface area contributed by atoms with Gasteiger partial charge in [0.05, 0.1) is 17.2 Å². The number of carbonyl (C=O) groups is 2. The Morgan fingerprint density at radius 1 is 1.20 bits per heavy atom. The Bertz CT molecular complexity index is 510. The van der Waals surface area contributed by atoms with Gasteiger partial charge in [-0.15, -0.1) is 0 Å². The first-order chi connectivity index (χ1) is 9.31. The summed E-state index contributed by atoms with van der Waals surface area (Å²) in [5.74, 6) is -1.17. The van der Waals surface area contributed by atoms with Crippen LogP contribution in [0.3, 0.4) is 0 Å². The normalized spacial score (nSPS) is 13.8. The van der Waals surface area contributed by atoms with Crippen LogP contribution < -0.4 is 5.32 Å². The lowest BCUT2D eigenvalue weighted by molar-refractivity contribution is -0.136. The van der Waals surface area contributed by atoms with Gasteiger partial charge in [-0.25, -0.2) is 0 Å². The highest BCUT2D eigenvalue weighted by molar-refractivity contribution is 7.86. The monoisotopic (exact) mass is 297 g/mol. The minimum absolute atomic E-state index is 0.0000995. The molecule has 2 unspecified atom stereocenters. The fourth-order valence-electron chi connectivity index (χ4n) is 1.62. The number of hydrogen-bond donors (Lipinski definition) is 2. The Kier molecular flexibility index (Phi) is 5.88. The van der Waals surface area contributed by atoms with Crippen LogP contribution in [0.2, 0.25) is 0 Å². The van der Waals surface area contributed by atoms with Crippen molar-refractivity contribution in [2.75, 3.05) is 0 Å². The third-order valence-corrected chi connectivity index (χ3v) is 4.23. The van der Waals surface area contributed by atoms with Gasteiger partial charge in [0, 0.05) is 10.9 Å². The van der Waals surface area contributed by atoms with Gasteiger partial charge in [0.2, 0.25) is 5.91 Å². The maximum atomic E-state index is 12.2. The highest BCUT2D eigenvalue weighted by atomic mass is 32.2. The first-order valence-electron chi connectivity index (χ1n) is 6.33. The molecule has 0 bridgehead atoms. The van der Waals surface area contributed by atoms with E-state index in [1.54, 1.807) is 31.2 Å². The van der Waals surface area contributed by atoms with Gasteiger partial charge in [0.15, 0.2) is 0 Å². The molecular formula is C14H19NO4S. The molecule has 5 nitrogen and oxygen atoms in total. The van der Waals surface area contributed by atoms with Crippen molar-refractivity contribution < 1.29 is 18.9 Å². The highest BCUT2D eigenvalue weighted by Crippen LogP contribution is 2.13. The number of rotatable bonds is 6. The zero-order chi connectivity index (χ0) is 15.3. The van der Waals surface area contributed by atoms with E-state index in [1.165, 1.54) is 0 Å². The van der Waals surface area contributed by atoms with Gasteiger partial charge < -0.3 is 10.4 Å². The molecule has 1 aromatic rings. The van der Waals surface area contributed by atoms with Crippen LogP contribution in [0.4, 0.5) is 0 Å². The Balaban J connectivity index is 2.76. The fourth-order valence-corrected chi connectivity index (χ4v) is 2.69. The van der Waals surface area contributed by atoms with Gasteiger partial charge in [-0.1, -0.05) is 12.1 Å². The summed E-state index contributed by atoms with van der Waals surface area (Å²) in [5, 5.41) is 10.7. The zero-order valence-electron chi connectivity index (χ0n) is 11.8. The second-order valence-corrected chi connectivity index (χ2v) is 6.59. The standard InChI is InChI=1S/C14H19NO4S/c1-9(2)15-14(18)10(3)20(19)12-6-4-11(5-7-12)8-13(16)17/h4-7,9-10H,8H2,1-3H3,(H,15,18)(H,16,17). The summed E-state index contributed by atoms with van der Waals surface area (Å²) >= 11 is 0. The molecule has 0 aliphatic rings. The van der Waals surface area contributed by atoms with Gasteiger partial charge in [-0.2, -0.15) is 0 Å². The number of aliphatic carboxylic acids is 1. The number of amides is 1. The summed E-state index contributed by atoms with van der Waals surface area (Å²) in [6.07, 6.45) is -0.0731. The average Bonchev–Trinajstić information content (AvgIpc) is 2.36. The van der Waals surface area contributed by atoms with Crippen molar-refractivity contribution >= 4 is 22.7 Å². The van der Waals surface area contributed by atoms with Crippen molar-refractivity contribution in [2.24, 2.45) is 0 Å². The van der Waals surface area contributed by atoms with E-state index in [2.05, 4.69) is 5.32 Å². The summed E-state index contributed by atoms with van der Waals surface area (Å²) in [7, 11) is -1.46. The zero-order valence-corrected chi connectivity index (χ0v) is 12.6. The molecule has 0 radical (unpaired) electrons. The van der Waals surface area contributed by atoms with E-state index < -0.39 is 22.0 Å². The molecule has 0 heterocycles. The second-order valence-electron chi connectivity index (χ2n) is 4.82. The lowest BCUT2D eigenvalue weighted by Gasteiger charge is -2.14. The van der Waals surface area contributed by atoms with E-state index in [0.29, 0.717) is 10.5 Å². The van der Waals surface area contributed by atoms with Crippen molar-refractivity contribution in [2.45, 2.75) is 43.4 Å². The Morgan fingerprint density at radius 2 is 1.75 bits per heavy atom. The molecule has 2 atom stereocenters. The van der Waals surface area contributed by atoms with Gasteiger partial charge in [-0.05, 0) is 38.5 Å². The number of hydrogen-bond acceptors (Lipinski definition) is 3. The smallest absolute Gasteiger partial charge is 0.307 e. The van der Waals surface area contributed by atoms with Crippen molar-refractivity contribution in [3.63, 3.8) is 0 Å². The van der Waals surface area contributed by atoms with Gasteiger partial charge in [0.1, 0.15) is 5.25 Å². The SMILES string of the molecule is CC(C)NC(=O)C(C)S(=O)c1ccc(CC(=O)O)cc1. The third kappa shape index (κ3) is 4.77. The Hall–Kier alpha value is -1.69. The first kappa shape index (κ1) is 16.4. The molecule has 6 heteroatoms. The fraction of sp³-hybridized carbons (Fsp3) is 0.429. The third-order valence-electron chi connectivity index (χ3n) is 2.63. The van der Waals surface area contributed by atoms with Crippen molar-refractivity contribution in [3.05, 3.63) is 29.8 Å². The van der Waals surface area contributed by atoms with E-state index in [4.69, 9.17) is 5.11 Å².